The largest absolute Gasteiger partial charge is 0.0956 e. The van der Waals surface area contributed by atoms with Crippen molar-refractivity contribution < 1.29 is 0 Å². The molecule has 0 aliphatic heterocycles. The van der Waals surface area contributed by atoms with Crippen molar-refractivity contribution in [3.8, 4) is 0 Å². The van der Waals surface area contributed by atoms with Crippen LogP contribution in [-0.4, -0.2) is 0 Å². The van der Waals surface area contributed by atoms with E-state index in [1.165, 1.54) is 11.1 Å². The fourth-order valence-electron chi connectivity index (χ4n) is 0.483. The maximum atomic E-state index is 3.88. The lowest BCUT2D eigenvalue weighted by molar-refractivity contribution is 1.11. The summed E-state index contributed by atoms with van der Waals surface area (Å²) in [4.78, 5) is 0. The van der Waals surface area contributed by atoms with Gasteiger partial charge >= 0.3 is 0 Å². The van der Waals surface area contributed by atoms with Gasteiger partial charge in [0, 0.05) is 0 Å². The zero-order valence-corrected chi connectivity index (χ0v) is 5.99. The van der Waals surface area contributed by atoms with Gasteiger partial charge in [0.1, 0.15) is 0 Å². The number of rotatable bonds is 2. The van der Waals surface area contributed by atoms with E-state index < -0.39 is 0 Å². The highest BCUT2D eigenvalue weighted by Crippen LogP contribution is 2.08. The van der Waals surface area contributed by atoms with Crippen LogP contribution in [0.4, 0.5) is 0 Å². The lowest BCUT2D eigenvalue weighted by atomic mass is 10.1. The van der Waals surface area contributed by atoms with Crippen molar-refractivity contribution in [3.05, 3.63) is 23.8 Å². The summed E-state index contributed by atoms with van der Waals surface area (Å²) in [7, 11) is 0. The predicted octanol–water partition coefficient (Wildman–Crippen LogP) is 2.92. The van der Waals surface area contributed by atoms with Gasteiger partial charge in [-0.2, -0.15) is 0 Å². The lowest BCUT2D eigenvalue weighted by Crippen LogP contribution is -1.77. The fraction of sp³-hybridized carbons (Fsp3) is 0.500. The molecule has 0 N–H and O–H groups in total. The third-order valence-electron chi connectivity index (χ3n) is 1.42. The Kier molecular flexibility index (Phi) is 3.25. The third kappa shape index (κ3) is 1.97. The molecule has 0 saturated carbocycles. The van der Waals surface area contributed by atoms with Crippen LogP contribution >= 0.6 is 0 Å². The summed E-state index contributed by atoms with van der Waals surface area (Å²) < 4.78 is 0. The van der Waals surface area contributed by atoms with Crippen LogP contribution < -0.4 is 0 Å². The molecule has 0 heterocycles. The fourth-order valence-corrected chi connectivity index (χ4v) is 0.483. The van der Waals surface area contributed by atoms with Crippen molar-refractivity contribution in [2.24, 2.45) is 0 Å². The van der Waals surface area contributed by atoms with Gasteiger partial charge in [-0.05, 0) is 20.3 Å². The van der Waals surface area contributed by atoms with Crippen LogP contribution in [0.3, 0.4) is 0 Å². The molecule has 0 aromatic carbocycles. The molecule has 0 fully saturated rings. The van der Waals surface area contributed by atoms with Gasteiger partial charge in [-0.3, -0.25) is 0 Å². The highest BCUT2D eigenvalue weighted by Gasteiger charge is 1.88. The van der Waals surface area contributed by atoms with Crippen molar-refractivity contribution in [2.75, 3.05) is 0 Å². The summed E-state index contributed by atoms with van der Waals surface area (Å²) >= 11 is 0. The summed E-state index contributed by atoms with van der Waals surface area (Å²) in [6.45, 7) is 10.1. The molecular weight excluding hydrogens is 96.1 g/mol. The molecule has 0 saturated heterocycles. The molecule has 0 unspecified atom stereocenters. The number of hydrogen-bond acceptors (Lipinski definition) is 0. The smallest absolute Gasteiger partial charge is 0.0311 e. The average Bonchev–Trinajstić information content (AvgIpc) is 1.84. The molecule has 0 aliphatic rings. The first-order chi connectivity index (χ1) is 3.72. The zero-order valence-electron chi connectivity index (χ0n) is 5.99. The van der Waals surface area contributed by atoms with E-state index in [1.807, 2.05) is 6.92 Å². The standard InChI is InChI=1S/C8H14/c1-5-7(3)8(4)6-2/h6H,3,5H2,1-2,4H3/b8-6+. The normalized spacial score (nSPS) is 11.6. The van der Waals surface area contributed by atoms with Crippen molar-refractivity contribution in [3.63, 3.8) is 0 Å². The first-order valence-electron chi connectivity index (χ1n) is 3.03. The van der Waals surface area contributed by atoms with Gasteiger partial charge < -0.3 is 0 Å². The van der Waals surface area contributed by atoms with Crippen molar-refractivity contribution >= 4 is 0 Å². The average molecular weight is 110 g/mol. The Labute approximate surface area is 51.9 Å². The Hall–Kier alpha value is -0.520. The van der Waals surface area contributed by atoms with Crippen LogP contribution in [0.1, 0.15) is 27.2 Å². The Bertz CT molecular complexity index is 107. The topological polar surface area (TPSA) is 0 Å². The van der Waals surface area contributed by atoms with E-state index in [0.717, 1.165) is 6.42 Å². The minimum absolute atomic E-state index is 1.07. The molecule has 0 aromatic rings. The van der Waals surface area contributed by atoms with E-state index in [9.17, 15) is 0 Å². The number of hydrogen-bond donors (Lipinski definition) is 0. The molecule has 0 heteroatoms. The van der Waals surface area contributed by atoms with Crippen molar-refractivity contribution in [2.45, 2.75) is 27.2 Å². The van der Waals surface area contributed by atoms with Gasteiger partial charge in [0.25, 0.3) is 0 Å². The third-order valence-corrected chi connectivity index (χ3v) is 1.42. The van der Waals surface area contributed by atoms with Crippen LogP contribution in [-0.2, 0) is 0 Å². The highest BCUT2D eigenvalue weighted by atomic mass is 13.9. The van der Waals surface area contributed by atoms with Gasteiger partial charge in [-0.15, -0.1) is 0 Å². The summed E-state index contributed by atoms with van der Waals surface area (Å²) in [5.74, 6) is 0. The molecule has 0 aliphatic carbocycles. The maximum absolute atomic E-state index is 3.88. The molecule has 0 spiro atoms. The summed E-state index contributed by atoms with van der Waals surface area (Å²) in [5, 5.41) is 0. The van der Waals surface area contributed by atoms with Crippen LogP contribution in [0, 0.1) is 0 Å². The predicted molar refractivity (Wildman–Crippen MR) is 38.9 cm³/mol. The Morgan fingerprint density at radius 2 is 2.12 bits per heavy atom. The minimum atomic E-state index is 1.07. The second-order valence-corrected chi connectivity index (χ2v) is 1.93. The van der Waals surface area contributed by atoms with Crippen LogP contribution in [0.2, 0.25) is 0 Å². The van der Waals surface area contributed by atoms with Crippen molar-refractivity contribution in [1.29, 1.82) is 0 Å². The van der Waals surface area contributed by atoms with E-state index >= 15 is 0 Å². The molecule has 0 radical (unpaired) electrons. The number of allylic oxidation sites excluding steroid dienone is 3. The summed E-state index contributed by atoms with van der Waals surface area (Å²) in [5.41, 5.74) is 2.56. The Morgan fingerprint density at radius 3 is 2.25 bits per heavy atom. The van der Waals surface area contributed by atoms with Gasteiger partial charge in [0.2, 0.25) is 0 Å². The van der Waals surface area contributed by atoms with Gasteiger partial charge in [0.15, 0.2) is 0 Å². The summed E-state index contributed by atoms with van der Waals surface area (Å²) in [6, 6.07) is 0. The van der Waals surface area contributed by atoms with E-state index in [2.05, 4.69) is 26.5 Å². The molecular formula is C8H14. The molecule has 0 atom stereocenters. The molecule has 0 aromatic heterocycles. The Morgan fingerprint density at radius 1 is 1.62 bits per heavy atom. The van der Waals surface area contributed by atoms with Crippen LogP contribution in [0.25, 0.3) is 0 Å². The molecule has 8 heavy (non-hydrogen) atoms. The van der Waals surface area contributed by atoms with Crippen LogP contribution in [0.5, 0.6) is 0 Å². The zero-order chi connectivity index (χ0) is 6.57. The van der Waals surface area contributed by atoms with Gasteiger partial charge in [-0.1, -0.05) is 30.7 Å². The molecule has 46 valence electrons. The minimum Gasteiger partial charge on any atom is -0.0956 e. The van der Waals surface area contributed by atoms with Crippen molar-refractivity contribution in [1.82, 2.24) is 0 Å². The molecule has 0 amide bonds. The molecule has 0 nitrogen and oxygen atoms in total. The second-order valence-electron chi connectivity index (χ2n) is 1.93. The first-order valence-corrected chi connectivity index (χ1v) is 3.03. The van der Waals surface area contributed by atoms with Gasteiger partial charge in [0.05, 0.1) is 0 Å². The van der Waals surface area contributed by atoms with Gasteiger partial charge in [-0.25, -0.2) is 0 Å². The van der Waals surface area contributed by atoms with E-state index in [0.29, 0.717) is 0 Å². The molecule has 0 rings (SSSR count). The first kappa shape index (κ1) is 7.48. The SMILES string of the molecule is C=C(CC)/C(C)=C/C. The Balaban J connectivity index is 3.83. The highest BCUT2D eigenvalue weighted by molar-refractivity contribution is 5.24. The van der Waals surface area contributed by atoms with Crippen LogP contribution in [0.15, 0.2) is 23.8 Å². The van der Waals surface area contributed by atoms with E-state index in [-0.39, 0.29) is 0 Å². The van der Waals surface area contributed by atoms with E-state index in [1.54, 1.807) is 0 Å². The van der Waals surface area contributed by atoms with E-state index in [4.69, 9.17) is 0 Å². The maximum Gasteiger partial charge on any atom is -0.0311 e. The molecule has 0 bridgehead atoms. The lowest BCUT2D eigenvalue weighted by Gasteiger charge is -1.98. The quantitative estimate of drug-likeness (QED) is 0.479. The summed E-state index contributed by atoms with van der Waals surface area (Å²) in [6.07, 6.45) is 3.15. The monoisotopic (exact) mass is 110 g/mol. The second kappa shape index (κ2) is 3.48.